The molecule has 1 aromatic rings. The lowest BCUT2D eigenvalue weighted by atomic mass is 10.2. The van der Waals surface area contributed by atoms with Crippen LogP contribution in [0.25, 0.3) is 0 Å². The van der Waals surface area contributed by atoms with Crippen LogP contribution in [0.15, 0.2) is 18.5 Å². The number of anilines is 1. The second kappa shape index (κ2) is 6.07. The van der Waals surface area contributed by atoms with Crippen molar-refractivity contribution in [2.45, 2.75) is 20.0 Å². The summed E-state index contributed by atoms with van der Waals surface area (Å²) in [5.74, 6) is -0.986. The van der Waals surface area contributed by atoms with Crippen LogP contribution in [0.1, 0.15) is 24.2 Å². The lowest BCUT2D eigenvalue weighted by Crippen LogP contribution is -2.15. The molecule has 1 heterocycles. The molecule has 0 aliphatic heterocycles. The monoisotopic (exact) mass is 224 g/mol. The summed E-state index contributed by atoms with van der Waals surface area (Å²) in [5.41, 5.74) is 0.738. The van der Waals surface area contributed by atoms with E-state index in [0.717, 1.165) is 0 Å². The van der Waals surface area contributed by atoms with Crippen LogP contribution in [0.2, 0.25) is 0 Å². The van der Waals surface area contributed by atoms with Crippen LogP contribution in [0.5, 0.6) is 0 Å². The van der Waals surface area contributed by atoms with Crippen molar-refractivity contribution in [2.24, 2.45) is 0 Å². The van der Waals surface area contributed by atoms with Crippen molar-refractivity contribution < 1.29 is 14.6 Å². The van der Waals surface area contributed by atoms with Crippen molar-refractivity contribution >= 4 is 11.7 Å². The van der Waals surface area contributed by atoms with Crippen LogP contribution < -0.4 is 5.32 Å². The number of carbonyl (C=O) groups is 1. The topological polar surface area (TPSA) is 71.5 Å². The van der Waals surface area contributed by atoms with Gasteiger partial charge >= 0.3 is 5.97 Å². The summed E-state index contributed by atoms with van der Waals surface area (Å²) in [4.78, 5) is 14.6. The Bertz CT molecular complexity index is 353. The van der Waals surface area contributed by atoms with E-state index in [9.17, 15) is 4.79 Å². The maximum absolute atomic E-state index is 10.9. The van der Waals surface area contributed by atoms with Crippen molar-refractivity contribution in [3.63, 3.8) is 0 Å². The lowest BCUT2D eigenvalue weighted by molar-refractivity contribution is 0.0696. The molecule has 0 radical (unpaired) electrons. The minimum atomic E-state index is -0.986. The molecule has 1 aromatic heterocycles. The number of ether oxygens (including phenoxy) is 1. The summed E-state index contributed by atoms with van der Waals surface area (Å²) in [7, 11) is 0. The summed E-state index contributed by atoms with van der Waals surface area (Å²) >= 11 is 0. The van der Waals surface area contributed by atoms with Crippen LogP contribution in [0.4, 0.5) is 5.69 Å². The normalized spacial score (nSPS) is 10.4. The number of rotatable bonds is 6. The third-order valence-corrected chi connectivity index (χ3v) is 1.92. The van der Waals surface area contributed by atoms with Gasteiger partial charge in [-0.15, -0.1) is 0 Å². The fraction of sp³-hybridized carbons (Fsp3) is 0.455. The first-order valence-electron chi connectivity index (χ1n) is 5.14. The molecule has 0 unspecified atom stereocenters. The maximum Gasteiger partial charge on any atom is 0.339 e. The van der Waals surface area contributed by atoms with Crippen LogP contribution in [0.3, 0.4) is 0 Å². The van der Waals surface area contributed by atoms with Gasteiger partial charge in [0.25, 0.3) is 0 Å². The molecule has 0 aliphatic carbocycles. The van der Waals surface area contributed by atoms with E-state index in [4.69, 9.17) is 9.84 Å². The highest BCUT2D eigenvalue weighted by atomic mass is 16.5. The zero-order valence-electron chi connectivity index (χ0n) is 9.43. The standard InChI is InChI=1S/C11H16N2O3/c1-8(2)16-6-5-13-10-3-4-12-7-9(10)11(14)15/h3-4,7-8H,5-6H2,1-2H3,(H,12,13)(H,14,15). The molecule has 2 N–H and O–H groups in total. The van der Waals surface area contributed by atoms with E-state index in [1.54, 1.807) is 12.3 Å². The molecular weight excluding hydrogens is 208 g/mol. The number of pyridine rings is 1. The lowest BCUT2D eigenvalue weighted by Gasteiger charge is -2.10. The molecule has 0 atom stereocenters. The number of hydrogen-bond donors (Lipinski definition) is 2. The largest absolute Gasteiger partial charge is 0.478 e. The predicted octanol–water partition coefficient (Wildman–Crippen LogP) is 1.62. The van der Waals surface area contributed by atoms with Crippen LogP contribution in [-0.2, 0) is 4.74 Å². The van der Waals surface area contributed by atoms with E-state index in [1.165, 1.54) is 6.20 Å². The Kier molecular flexibility index (Phi) is 4.72. The number of carboxylic acid groups (broad SMARTS) is 1. The molecule has 0 aliphatic rings. The molecule has 0 fully saturated rings. The highest BCUT2D eigenvalue weighted by molar-refractivity contribution is 5.93. The van der Waals surface area contributed by atoms with Gasteiger partial charge in [0.05, 0.1) is 18.4 Å². The van der Waals surface area contributed by atoms with E-state index in [1.807, 2.05) is 13.8 Å². The predicted molar refractivity (Wildman–Crippen MR) is 60.8 cm³/mol. The van der Waals surface area contributed by atoms with Gasteiger partial charge in [0.1, 0.15) is 5.56 Å². The average Bonchev–Trinajstić information content (AvgIpc) is 2.24. The molecule has 0 saturated heterocycles. The average molecular weight is 224 g/mol. The van der Waals surface area contributed by atoms with Crippen molar-refractivity contribution in [3.05, 3.63) is 24.0 Å². The van der Waals surface area contributed by atoms with Gasteiger partial charge in [0.2, 0.25) is 0 Å². The molecule has 0 aromatic carbocycles. The Labute approximate surface area is 94.5 Å². The first-order chi connectivity index (χ1) is 7.61. The molecular formula is C11H16N2O3. The van der Waals surface area contributed by atoms with Gasteiger partial charge in [-0.2, -0.15) is 0 Å². The smallest absolute Gasteiger partial charge is 0.339 e. The van der Waals surface area contributed by atoms with Crippen molar-refractivity contribution in [3.8, 4) is 0 Å². The Morgan fingerprint density at radius 1 is 1.62 bits per heavy atom. The first-order valence-corrected chi connectivity index (χ1v) is 5.14. The summed E-state index contributed by atoms with van der Waals surface area (Å²) in [6.07, 6.45) is 3.06. The second-order valence-electron chi connectivity index (χ2n) is 3.57. The molecule has 0 saturated carbocycles. The van der Waals surface area contributed by atoms with Gasteiger partial charge < -0.3 is 15.2 Å². The van der Waals surface area contributed by atoms with Gasteiger partial charge in [0.15, 0.2) is 0 Å². The molecule has 16 heavy (non-hydrogen) atoms. The number of nitrogens with zero attached hydrogens (tertiary/aromatic N) is 1. The van der Waals surface area contributed by atoms with Gasteiger partial charge in [-0.05, 0) is 19.9 Å². The molecule has 0 bridgehead atoms. The molecule has 0 amide bonds. The fourth-order valence-corrected chi connectivity index (χ4v) is 1.20. The molecule has 1 rings (SSSR count). The number of aromatic nitrogens is 1. The van der Waals surface area contributed by atoms with Gasteiger partial charge in [-0.3, -0.25) is 4.98 Å². The highest BCUT2D eigenvalue weighted by Crippen LogP contribution is 2.12. The van der Waals surface area contributed by atoms with E-state index in [-0.39, 0.29) is 11.7 Å². The summed E-state index contributed by atoms with van der Waals surface area (Å²) in [5, 5.41) is 11.9. The number of nitrogens with one attached hydrogen (secondary N) is 1. The first kappa shape index (κ1) is 12.4. The second-order valence-corrected chi connectivity index (χ2v) is 3.57. The number of hydrogen-bond acceptors (Lipinski definition) is 4. The Hall–Kier alpha value is -1.62. The fourth-order valence-electron chi connectivity index (χ4n) is 1.20. The Morgan fingerprint density at radius 2 is 2.38 bits per heavy atom. The number of carboxylic acids is 1. The quantitative estimate of drug-likeness (QED) is 0.718. The van der Waals surface area contributed by atoms with Crippen LogP contribution >= 0.6 is 0 Å². The van der Waals surface area contributed by atoms with Crippen molar-refractivity contribution in [1.82, 2.24) is 4.98 Å². The highest BCUT2D eigenvalue weighted by Gasteiger charge is 2.08. The molecule has 0 spiro atoms. The van der Waals surface area contributed by atoms with Crippen LogP contribution in [0, 0.1) is 0 Å². The molecule has 5 nitrogen and oxygen atoms in total. The van der Waals surface area contributed by atoms with Gasteiger partial charge in [-0.1, -0.05) is 0 Å². The third kappa shape index (κ3) is 3.86. The number of aromatic carboxylic acids is 1. The van der Waals surface area contributed by atoms with E-state index >= 15 is 0 Å². The van der Waals surface area contributed by atoms with Gasteiger partial charge in [-0.25, -0.2) is 4.79 Å². The summed E-state index contributed by atoms with van der Waals surface area (Å²) < 4.78 is 5.34. The summed E-state index contributed by atoms with van der Waals surface area (Å²) in [6, 6.07) is 1.64. The maximum atomic E-state index is 10.9. The Morgan fingerprint density at radius 3 is 3.00 bits per heavy atom. The SMILES string of the molecule is CC(C)OCCNc1ccncc1C(=O)O. The van der Waals surface area contributed by atoms with E-state index in [0.29, 0.717) is 18.8 Å². The minimum Gasteiger partial charge on any atom is -0.478 e. The zero-order chi connectivity index (χ0) is 12.0. The van der Waals surface area contributed by atoms with Crippen LogP contribution in [-0.4, -0.2) is 35.3 Å². The summed E-state index contributed by atoms with van der Waals surface area (Å²) in [6.45, 7) is 5.02. The Balaban J connectivity index is 2.50. The third-order valence-electron chi connectivity index (χ3n) is 1.92. The van der Waals surface area contributed by atoms with Gasteiger partial charge in [0, 0.05) is 18.9 Å². The van der Waals surface area contributed by atoms with Crippen molar-refractivity contribution in [2.75, 3.05) is 18.5 Å². The van der Waals surface area contributed by atoms with Crippen molar-refractivity contribution in [1.29, 1.82) is 0 Å². The minimum absolute atomic E-state index is 0.173. The zero-order valence-corrected chi connectivity index (χ0v) is 9.43. The molecule has 88 valence electrons. The molecule has 5 heteroatoms. The van der Waals surface area contributed by atoms with E-state index in [2.05, 4.69) is 10.3 Å². The van der Waals surface area contributed by atoms with E-state index < -0.39 is 5.97 Å².